The monoisotopic (exact) mass is 442 g/mol. The molecule has 0 atom stereocenters. The largest absolute Gasteiger partial charge is 0.357 e. The standard InChI is InChI=1S/C17H26N6.HI/c1-3-18-17(20-14-9-7-13(2)8-10-14)19-12-16-22-21-15-6-4-5-11-23(15)16;/h4-6,11,13-14H,3,7-10,12H2,1-2H3,(H2,18,19,20);1H. The summed E-state index contributed by atoms with van der Waals surface area (Å²) in [5.41, 5.74) is 0.858. The first-order valence-corrected chi connectivity index (χ1v) is 8.59. The van der Waals surface area contributed by atoms with Crippen molar-refractivity contribution in [3.05, 3.63) is 30.2 Å². The van der Waals surface area contributed by atoms with Gasteiger partial charge in [0.25, 0.3) is 0 Å². The zero-order chi connectivity index (χ0) is 16.1. The lowest BCUT2D eigenvalue weighted by molar-refractivity contribution is 0.329. The van der Waals surface area contributed by atoms with Gasteiger partial charge in [0.1, 0.15) is 6.54 Å². The number of aromatic nitrogens is 3. The number of guanidine groups is 1. The molecule has 24 heavy (non-hydrogen) atoms. The van der Waals surface area contributed by atoms with Crippen LogP contribution in [0, 0.1) is 5.92 Å². The molecule has 132 valence electrons. The van der Waals surface area contributed by atoms with E-state index < -0.39 is 0 Å². The van der Waals surface area contributed by atoms with Crippen molar-refractivity contribution >= 4 is 35.6 Å². The predicted octanol–water partition coefficient (Wildman–Crippen LogP) is 2.98. The lowest BCUT2D eigenvalue weighted by Crippen LogP contribution is -2.44. The molecule has 2 N–H and O–H groups in total. The molecule has 0 bridgehead atoms. The second-order valence-corrected chi connectivity index (χ2v) is 6.34. The molecule has 6 nitrogen and oxygen atoms in total. The van der Waals surface area contributed by atoms with Gasteiger partial charge in [-0.3, -0.25) is 4.40 Å². The molecule has 3 rings (SSSR count). The summed E-state index contributed by atoms with van der Waals surface area (Å²) in [6, 6.07) is 6.43. The molecule has 0 amide bonds. The first kappa shape index (κ1) is 19.0. The molecule has 1 aliphatic rings. The molecule has 0 saturated heterocycles. The highest BCUT2D eigenvalue weighted by Gasteiger charge is 2.18. The van der Waals surface area contributed by atoms with Crippen molar-refractivity contribution in [1.29, 1.82) is 0 Å². The van der Waals surface area contributed by atoms with Gasteiger partial charge in [0.2, 0.25) is 0 Å². The Morgan fingerprint density at radius 2 is 2.04 bits per heavy atom. The maximum Gasteiger partial charge on any atom is 0.191 e. The molecule has 0 aliphatic heterocycles. The van der Waals surface area contributed by atoms with Gasteiger partial charge >= 0.3 is 0 Å². The van der Waals surface area contributed by atoms with E-state index in [1.165, 1.54) is 25.7 Å². The molecule has 0 unspecified atom stereocenters. The summed E-state index contributed by atoms with van der Waals surface area (Å²) in [6.07, 6.45) is 7.01. The second-order valence-electron chi connectivity index (χ2n) is 6.34. The molecule has 0 aromatic carbocycles. The third-order valence-electron chi connectivity index (χ3n) is 4.46. The summed E-state index contributed by atoms with van der Waals surface area (Å²) in [5.74, 6) is 2.59. The number of hydrogen-bond acceptors (Lipinski definition) is 3. The highest BCUT2D eigenvalue weighted by Crippen LogP contribution is 2.23. The minimum Gasteiger partial charge on any atom is -0.357 e. The fraction of sp³-hybridized carbons (Fsp3) is 0.588. The van der Waals surface area contributed by atoms with E-state index in [9.17, 15) is 0 Å². The molecule has 2 heterocycles. The number of pyridine rings is 1. The van der Waals surface area contributed by atoms with Gasteiger partial charge < -0.3 is 10.6 Å². The molecule has 0 radical (unpaired) electrons. The highest BCUT2D eigenvalue weighted by molar-refractivity contribution is 14.0. The fourth-order valence-electron chi connectivity index (χ4n) is 3.07. The van der Waals surface area contributed by atoms with Gasteiger partial charge in [-0.25, -0.2) is 4.99 Å². The predicted molar refractivity (Wildman–Crippen MR) is 108 cm³/mol. The molecule has 1 saturated carbocycles. The van der Waals surface area contributed by atoms with E-state index in [1.807, 2.05) is 28.8 Å². The van der Waals surface area contributed by atoms with Gasteiger partial charge in [-0.05, 0) is 50.7 Å². The van der Waals surface area contributed by atoms with Crippen LogP contribution in [0.1, 0.15) is 45.4 Å². The number of aliphatic imine (C=N–C) groups is 1. The average Bonchev–Trinajstić information content (AvgIpc) is 2.98. The van der Waals surface area contributed by atoms with Crippen molar-refractivity contribution in [3.63, 3.8) is 0 Å². The molecule has 0 spiro atoms. The zero-order valence-corrected chi connectivity index (χ0v) is 16.7. The van der Waals surface area contributed by atoms with E-state index in [2.05, 4.69) is 34.7 Å². The van der Waals surface area contributed by atoms with Crippen LogP contribution in [0.4, 0.5) is 0 Å². The summed E-state index contributed by atoms with van der Waals surface area (Å²) in [4.78, 5) is 4.69. The maximum atomic E-state index is 4.69. The van der Waals surface area contributed by atoms with Crippen LogP contribution < -0.4 is 10.6 Å². The minimum absolute atomic E-state index is 0. The summed E-state index contributed by atoms with van der Waals surface area (Å²) >= 11 is 0. The number of rotatable bonds is 4. The van der Waals surface area contributed by atoms with E-state index >= 15 is 0 Å². The maximum absolute atomic E-state index is 4.69. The number of halogens is 1. The molecular formula is C17H27IN6. The Kier molecular flexibility index (Phi) is 7.26. The van der Waals surface area contributed by atoms with Crippen LogP contribution in [0.2, 0.25) is 0 Å². The molecule has 1 fully saturated rings. The third-order valence-corrected chi connectivity index (χ3v) is 4.46. The molecular weight excluding hydrogens is 415 g/mol. The average molecular weight is 442 g/mol. The van der Waals surface area contributed by atoms with Gasteiger partial charge in [0.15, 0.2) is 17.4 Å². The lowest BCUT2D eigenvalue weighted by atomic mass is 9.87. The second kappa shape index (κ2) is 9.19. The van der Waals surface area contributed by atoms with Gasteiger partial charge in [0, 0.05) is 18.8 Å². The summed E-state index contributed by atoms with van der Waals surface area (Å²) < 4.78 is 1.98. The van der Waals surface area contributed by atoms with Crippen LogP contribution in [0.25, 0.3) is 5.65 Å². The third kappa shape index (κ3) is 4.81. The Balaban J connectivity index is 0.00000208. The summed E-state index contributed by atoms with van der Waals surface area (Å²) in [7, 11) is 0. The van der Waals surface area contributed by atoms with Crippen molar-refractivity contribution in [2.45, 2.75) is 52.1 Å². The van der Waals surface area contributed by atoms with Crippen molar-refractivity contribution in [2.24, 2.45) is 10.9 Å². The number of hydrogen-bond donors (Lipinski definition) is 2. The van der Waals surface area contributed by atoms with Crippen LogP contribution >= 0.6 is 24.0 Å². The van der Waals surface area contributed by atoms with Crippen LogP contribution in [0.15, 0.2) is 29.4 Å². The Bertz CT molecular complexity index is 660. The van der Waals surface area contributed by atoms with Crippen LogP contribution in [0.5, 0.6) is 0 Å². The fourth-order valence-corrected chi connectivity index (χ4v) is 3.07. The topological polar surface area (TPSA) is 66.6 Å². The Morgan fingerprint density at radius 1 is 1.25 bits per heavy atom. The first-order chi connectivity index (χ1) is 11.3. The normalized spacial score (nSPS) is 21.3. The van der Waals surface area contributed by atoms with Gasteiger partial charge in [-0.15, -0.1) is 34.2 Å². The van der Waals surface area contributed by atoms with Crippen molar-refractivity contribution in [1.82, 2.24) is 25.2 Å². The number of nitrogens with zero attached hydrogens (tertiary/aromatic N) is 4. The molecule has 1 aliphatic carbocycles. The number of nitrogens with one attached hydrogen (secondary N) is 2. The van der Waals surface area contributed by atoms with Crippen LogP contribution in [-0.4, -0.2) is 33.1 Å². The zero-order valence-electron chi connectivity index (χ0n) is 14.4. The Morgan fingerprint density at radius 3 is 2.79 bits per heavy atom. The van der Waals surface area contributed by atoms with Crippen molar-refractivity contribution < 1.29 is 0 Å². The van der Waals surface area contributed by atoms with E-state index in [-0.39, 0.29) is 24.0 Å². The van der Waals surface area contributed by atoms with Gasteiger partial charge in [0.05, 0.1) is 0 Å². The van der Waals surface area contributed by atoms with E-state index in [4.69, 9.17) is 4.99 Å². The SMILES string of the molecule is CCNC(=NCc1nnc2ccccn12)NC1CCC(C)CC1.I. The Labute approximate surface area is 160 Å². The van der Waals surface area contributed by atoms with E-state index in [0.717, 1.165) is 29.9 Å². The van der Waals surface area contributed by atoms with Crippen LogP contribution in [-0.2, 0) is 6.54 Å². The summed E-state index contributed by atoms with van der Waals surface area (Å²) in [6.45, 7) is 5.80. The first-order valence-electron chi connectivity index (χ1n) is 8.59. The smallest absolute Gasteiger partial charge is 0.191 e. The molecule has 7 heteroatoms. The number of fused-ring (bicyclic) bond motifs is 1. The van der Waals surface area contributed by atoms with Gasteiger partial charge in [-0.2, -0.15) is 0 Å². The molecule has 2 aromatic heterocycles. The van der Waals surface area contributed by atoms with Gasteiger partial charge in [-0.1, -0.05) is 13.0 Å². The minimum atomic E-state index is 0. The summed E-state index contributed by atoms with van der Waals surface area (Å²) in [5, 5.41) is 15.3. The highest BCUT2D eigenvalue weighted by atomic mass is 127. The van der Waals surface area contributed by atoms with Crippen molar-refractivity contribution in [3.8, 4) is 0 Å². The van der Waals surface area contributed by atoms with E-state index in [0.29, 0.717) is 12.6 Å². The quantitative estimate of drug-likeness (QED) is 0.434. The Hall–Kier alpha value is -1.38. The lowest BCUT2D eigenvalue weighted by Gasteiger charge is -2.28. The molecule has 2 aromatic rings. The van der Waals surface area contributed by atoms with E-state index in [1.54, 1.807) is 0 Å². The van der Waals surface area contributed by atoms with Crippen LogP contribution in [0.3, 0.4) is 0 Å². The van der Waals surface area contributed by atoms with Crippen molar-refractivity contribution in [2.75, 3.05) is 6.54 Å².